The first kappa shape index (κ1) is 12.6. The summed E-state index contributed by atoms with van der Waals surface area (Å²) in [6.45, 7) is 6.27. The molecule has 0 bridgehead atoms. The van der Waals surface area contributed by atoms with Gasteiger partial charge in [0.1, 0.15) is 0 Å². The number of amides is 1. The van der Waals surface area contributed by atoms with Gasteiger partial charge in [0, 0.05) is 11.3 Å². The molecule has 0 saturated carbocycles. The van der Waals surface area contributed by atoms with Crippen molar-refractivity contribution in [2.75, 3.05) is 0 Å². The molecule has 1 amide bonds. The molecule has 0 aliphatic heterocycles. The maximum atomic E-state index is 11.5. The van der Waals surface area contributed by atoms with Crippen LogP contribution in [0, 0.1) is 12.8 Å². The molecule has 1 N–H and O–H groups in total. The molecule has 1 heterocycles. The molecule has 1 aromatic rings. The Morgan fingerprint density at radius 1 is 1.60 bits per heavy atom. The first-order valence-electron chi connectivity index (χ1n) is 5.14. The molecule has 0 fully saturated rings. The summed E-state index contributed by atoms with van der Waals surface area (Å²) in [4.78, 5) is 12.7. The number of hydrogen-bond donors (Lipinski definition) is 1. The Morgan fingerprint density at radius 2 is 2.33 bits per heavy atom. The summed E-state index contributed by atoms with van der Waals surface area (Å²) in [5.41, 5.74) is 0. The second-order valence-electron chi connectivity index (χ2n) is 3.71. The highest BCUT2D eigenvalue weighted by Crippen LogP contribution is 2.24. The van der Waals surface area contributed by atoms with E-state index in [1.165, 1.54) is 16.8 Å². The van der Waals surface area contributed by atoms with Crippen molar-refractivity contribution in [3.05, 3.63) is 17.0 Å². The number of thiophene rings is 1. The lowest BCUT2D eigenvalue weighted by Crippen LogP contribution is -2.17. The zero-order valence-electron chi connectivity index (χ0n) is 9.37. The van der Waals surface area contributed by atoms with Gasteiger partial charge in [-0.2, -0.15) is 0 Å². The number of carbonyl (C=O) groups excluding carboxylic acids is 1. The summed E-state index contributed by atoms with van der Waals surface area (Å²) >= 11 is 3.12. The highest BCUT2D eigenvalue weighted by molar-refractivity contribution is 7.99. The summed E-state index contributed by atoms with van der Waals surface area (Å²) in [5.74, 6) is 0.594. The number of carbonyl (C=O) groups is 1. The molecule has 4 heteroatoms. The van der Waals surface area contributed by atoms with E-state index in [1.807, 2.05) is 6.07 Å². The van der Waals surface area contributed by atoms with Gasteiger partial charge in [-0.25, -0.2) is 0 Å². The minimum Gasteiger partial charge on any atom is -0.295 e. The minimum atomic E-state index is 0.125. The molecular weight excluding hydrogens is 226 g/mol. The van der Waals surface area contributed by atoms with Crippen LogP contribution < -0.4 is 4.72 Å². The Hall–Kier alpha value is -0.480. The molecule has 0 saturated heterocycles. The average Bonchev–Trinajstić information content (AvgIpc) is 2.61. The Bertz CT molecular complexity index is 322. The third-order valence-electron chi connectivity index (χ3n) is 2.21. The van der Waals surface area contributed by atoms with Crippen LogP contribution in [0.15, 0.2) is 16.3 Å². The topological polar surface area (TPSA) is 29.1 Å². The summed E-state index contributed by atoms with van der Waals surface area (Å²) in [6, 6.07) is 4.10. The lowest BCUT2D eigenvalue weighted by Gasteiger charge is -2.07. The molecule has 0 aliphatic carbocycles. The maximum absolute atomic E-state index is 11.5. The summed E-state index contributed by atoms with van der Waals surface area (Å²) < 4.78 is 4.01. The molecule has 15 heavy (non-hydrogen) atoms. The molecule has 1 atom stereocenters. The van der Waals surface area contributed by atoms with Crippen molar-refractivity contribution >= 4 is 29.2 Å². The molecule has 0 spiro atoms. The highest BCUT2D eigenvalue weighted by Gasteiger charge is 2.07. The predicted molar refractivity (Wildman–Crippen MR) is 67.1 cm³/mol. The Balaban J connectivity index is 2.28. The van der Waals surface area contributed by atoms with E-state index in [0.717, 1.165) is 10.6 Å². The van der Waals surface area contributed by atoms with E-state index in [0.29, 0.717) is 12.3 Å². The van der Waals surface area contributed by atoms with Crippen LogP contribution in [0.2, 0.25) is 0 Å². The number of nitrogens with one attached hydrogen (secondary N) is 1. The molecule has 1 rings (SSSR count). The van der Waals surface area contributed by atoms with E-state index in [-0.39, 0.29) is 5.91 Å². The molecule has 0 aromatic carbocycles. The third kappa shape index (κ3) is 4.71. The van der Waals surface area contributed by atoms with E-state index in [9.17, 15) is 4.79 Å². The Labute approximate surface area is 99.6 Å². The summed E-state index contributed by atoms with van der Waals surface area (Å²) in [6.07, 6.45) is 1.67. The van der Waals surface area contributed by atoms with Crippen molar-refractivity contribution in [2.24, 2.45) is 5.92 Å². The smallest absolute Gasteiger partial charge is 0.230 e. The van der Waals surface area contributed by atoms with Gasteiger partial charge < -0.3 is 0 Å². The average molecular weight is 243 g/mol. The van der Waals surface area contributed by atoms with Gasteiger partial charge in [-0.15, -0.1) is 11.3 Å². The molecular formula is C11H17NOS2. The van der Waals surface area contributed by atoms with E-state index in [4.69, 9.17) is 0 Å². The van der Waals surface area contributed by atoms with Gasteiger partial charge in [0.15, 0.2) is 0 Å². The Morgan fingerprint density at radius 3 is 2.87 bits per heavy atom. The van der Waals surface area contributed by atoms with Crippen LogP contribution in [0.3, 0.4) is 0 Å². The summed E-state index contributed by atoms with van der Waals surface area (Å²) in [7, 11) is 0. The zero-order chi connectivity index (χ0) is 11.3. The SMILES string of the molecule is CCC(C)CC(=O)NSc1ccc(C)s1. The molecule has 2 nitrogen and oxygen atoms in total. The van der Waals surface area contributed by atoms with Crippen LogP contribution >= 0.6 is 23.3 Å². The second kappa shape index (κ2) is 6.18. The number of rotatable bonds is 5. The van der Waals surface area contributed by atoms with Crippen molar-refractivity contribution in [3.8, 4) is 0 Å². The normalized spacial score (nSPS) is 12.5. The van der Waals surface area contributed by atoms with Gasteiger partial charge in [0.2, 0.25) is 5.91 Å². The molecule has 0 aliphatic rings. The van der Waals surface area contributed by atoms with Crippen molar-refractivity contribution < 1.29 is 4.79 Å². The van der Waals surface area contributed by atoms with Gasteiger partial charge in [-0.3, -0.25) is 9.52 Å². The maximum Gasteiger partial charge on any atom is 0.230 e. The first-order chi connectivity index (χ1) is 7.11. The lowest BCUT2D eigenvalue weighted by molar-refractivity contribution is -0.120. The lowest BCUT2D eigenvalue weighted by atomic mass is 10.1. The molecule has 84 valence electrons. The number of aryl methyl sites for hydroxylation is 1. The minimum absolute atomic E-state index is 0.125. The molecule has 0 radical (unpaired) electrons. The number of hydrogen-bond acceptors (Lipinski definition) is 3. The van der Waals surface area contributed by atoms with Crippen molar-refractivity contribution in [2.45, 2.75) is 37.8 Å². The largest absolute Gasteiger partial charge is 0.295 e. The van der Waals surface area contributed by atoms with Gasteiger partial charge in [0.05, 0.1) is 4.21 Å². The quantitative estimate of drug-likeness (QED) is 0.800. The predicted octanol–water partition coefficient (Wildman–Crippen LogP) is 3.62. The fourth-order valence-electron chi connectivity index (χ4n) is 1.08. The van der Waals surface area contributed by atoms with Crippen molar-refractivity contribution in [1.29, 1.82) is 0 Å². The Kier molecular flexibility index (Phi) is 5.19. The van der Waals surface area contributed by atoms with E-state index < -0.39 is 0 Å². The van der Waals surface area contributed by atoms with E-state index in [2.05, 4.69) is 31.6 Å². The van der Waals surface area contributed by atoms with E-state index in [1.54, 1.807) is 11.3 Å². The fraction of sp³-hybridized carbons (Fsp3) is 0.545. The zero-order valence-corrected chi connectivity index (χ0v) is 11.0. The monoisotopic (exact) mass is 243 g/mol. The molecule has 1 unspecified atom stereocenters. The van der Waals surface area contributed by atoms with Crippen molar-refractivity contribution in [1.82, 2.24) is 4.72 Å². The summed E-state index contributed by atoms with van der Waals surface area (Å²) in [5, 5.41) is 0. The highest BCUT2D eigenvalue weighted by atomic mass is 32.2. The van der Waals surface area contributed by atoms with Gasteiger partial charge in [-0.05, 0) is 36.9 Å². The van der Waals surface area contributed by atoms with Crippen LogP contribution in [0.4, 0.5) is 0 Å². The van der Waals surface area contributed by atoms with Crippen LogP contribution in [0.1, 0.15) is 31.6 Å². The van der Waals surface area contributed by atoms with Crippen LogP contribution in [-0.2, 0) is 4.79 Å². The van der Waals surface area contributed by atoms with Crippen LogP contribution in [0.5, 0.6) is 0 Å². The van der Waals surface area contributed by atoms with Gasteiger partial charge in [-0.1, -0.05) is 20.3 Å². The first-order valence-corrected chi connectivity index (χ1v) is 6.77. The second-order valence-corrected chi connectivity index (χ2v) is 6.10. The fourth-order valence-corrected chi connectivity index (χ4v) is 2.79. The third-order valence-corrected chi connectivity index (χ3v) is 4.17. The standard InChI is InChI=1S/C11H17NOS2/c1-4-8(2)7-10(13)12-15-11-6-5-9(3)14-11/h5-6,8H,4,7H2,1-3H3,(H,12,13). The van der Waals surface area contributed by atoms with Crippen LogP contribution in [0.25, 0.3) is 0 Å². The van der Waals surface area contributed by atoms with Gasteiger partial charge in [0.25, 0.3) is 0 Å². The van der Waals surface area contributed by atoms with Gasteiger partial charge >= 0.3 is 0 Å². The van der Waals surface area contributed by atoms with Crippen molar-refractivity contribution in [3.63, 3.8) is 0 Å². The van der Waals surface area contributed by atoms with Crippen LogP contribution in [-0.4, -0.2) is 5.91 Å². The van der Waals surface area contributed by atoms with E-state index >= 15 is 0 Å². The molecule has 1 aromatic heterocycles.